The van der Waals surface area contributed by atoms with Gasteiger partial charge in [-0.05, 0) is 37.6 Å². The highest BCUT2D eigenvalue weighted by molar-refractivity contribution is 6.31. The molecule has 0 amide bonds. The number of nitrogens with one attached hydrogen (secondary N) is 1. The molecule has 1 aromatic heterocycles. The number of benzene rings is 1. The van der Waals surface area contributed by atoms with E-state index in [1.807, 2.05) is 23.9 Å². The van der Waals surface area contributed by atoms with Crippen LogP contribution in [0.1, 0.15) is 31.9 Å². The summed E-state index contributed by atoms with van der Waals surface area (Å²) in [6.45, 7) is 5.30. The van der Waals surface area contributed by atoms with Crippen molar-refractivity contribution in [1.82, 2.24) is 15.1 Å². The summed E-state index contributed by atoms with van der Waals surface area (Å²) in [5.74, 6) is 0. The minimum absolute atomic E-state index is 0.271. The van der Waals surface area contributed by atoms with E-state index in [9.17, 15) is 0 Å². The van der Waals surface area contributed by atoms with Crippen LogP contribution in [0.15, 0.2) is 30.5 Å². The van der Waals surface area contributed by atoms with Crippen molar-refractivity contribution < 1.29 is 0 Å². The molecule has 1 atom stereocenters. The normalized spacial score (nSPS) is 12.6. The molecule has 102 valence electrons. The summed E-state index contributed by atoms with van der Waals surface area (Å²) in [6, 6.07) is 8.47. The van der Waals surface area contributed by atoms with Crippen molar-refractivity contribution in [3.63, 3.8) is 0 Å². The maximum Gasteiger partial charge on any atom is 0.0679 e. The lowest BCUT2D eigenvalue weighted by Crippen LogP contribution is -2.19. The van der Waals surface area contributed by atoms with Crippen molar-refractivity contribution in [2.24, 2.45) is 7.05 Å². The number of aryl methyl sites for hydroxylation is 1. The number of rotatable bonds is 5. The minimum atomic E-state index is 0.271. The summed E-state index contributed by atoms with van der Waals surface area (Å²) in [6.07, 6.45) is 2.91. The van der Waals surface area contributed by atoms with Crippen LogP contribution < -0.4 is 5.32 Å². The highest BCUT2D eigenvalue weighted by atomic mass is 35.5. The lowest BCUT2D eigenvalue weighted by atomic mass is 10.0. The van der Waals surface area contributed by atoms with Crippen LogP contribution in [0.5, 0.6) is 0 Å². The third kappa shape index (κ3) is 3.17. The summed E-state index contributed by atoms with van der Waals surface area (Å²) >= 11 is 6.40. The number of nitrogens with zero attached hydrogens (tertiary/aromatic N) is 2. The van der Waals surface area contributed by atoms with Gasteiger partial charge in [-0.1, -0.05) is 30.7 Å². The third-order valence-electron chi connectivity index (χ3n) is 3.28. The SMILES string of the molecule is CCCNC(C)c1ccc(-c2ccnn2C)cc1Cl. The van der Waals surface area contributed by atoms with Gasteiger partial charge in [-0.3, -0.25) is 4.68 Å². The molecule has 19 heavy (non-hydrogen) atoms. The second-order valence-corrected chi connectivity index (χ2v) is 5.16. The summed E-state index contributed by atoms with van der Waals surface area (Å²) in [5.41, 5.74) is 3.31. The average molecular weight is 278 g/mol. The summed E-state index contributed by atoms with van der Waals surface area (Å²) < 4.78 is 1.85. The van der Waals surface area contributed by atoms with Gasteiger partial charge in [0.15, 0.2) is 0 Å². The van der Waals surface area contributed by atoms with Crippen LogP contribution in [0.2, 0.25) is 5.02 Å². The molecule has 3 nitrogen and oxygen atoms in total. The van der Waals surface area contributed by atoms with Crippen molar-refractivity contribution in [3.05, 3.63) is 41.0 Å². The lowest BCUT2D eigenvalue weighted by Gasteiger charge is -2.16. The molecule has 1 heterocycles. The smallest absolute Gasteiger partial charge is 0.0679 e. The summed E-state index contributed by atoms with van der Waals surface area (Å²) in [5, 5.41) is 8.44. The molecule has 0 aliphatic heterocycles. The van der Waals surface area contributed by atoms with Gasteiger partial charge in [-0.2, -0.15) is 5.10 Å². The zero-order chi connectivity index (χ0) is 13.8. The van der Waals surface area contributed by atoms with Gasteiger partial charge in [-0.25, -0.2) is 0 Å². The first-order valence-corrected chi connectivity index (χ1v) is 7.02. The van der Waals surface area contributed by atoms with E-state index in [4.69, 9.17) is 11.6 Å². The van der Waals surface area contributed by atoms with Gasteiger partial charge in [-0.15, -0.1) is 0 Å². The van der Waals surface area contributed by atoms with Crippen LogP contribution in [0.3, 0.4) is 0 Å². The van der Waals surface area contributed by atoms with Gasteiger partial charge in [0.2, 0.25) is 0 Å². The molecular weight excluding hydrogens is 258 g/mol. The fourth-order valence-corrected chi connectivity index (χ4v) is 2.51. The topological polar surface area (TPSA) is 29.9 Å². The molecule has 2 aromatic rings. The predicted octanol–water partition coefficient (Wildman–Crippen LogP) is 3.80. The number of halogens is 1. The van der Waals surface area contributed by atoms with Gasteiger partial charge >= 0.3 is 0 Å². The number of hydrogen-bond donors (Lipinski definition) is 1. The van der Waals surface area contributed by atoms with Crippen LogP contribution in [-0.2, 0) is 7.05 Å². The second-order valence-electron chi connectivity index (χ2n) is 4.75. The van der Waals surface area contributed by atoms with Gasteiger partial charge in [0.25, 0.3) is 0 Å². The molecule has 0 aliphatic rings. The molecule has 4 heteroatoms. The van der Waals surface area contributed by atoms with E-state index in [1.54, 1.807) is 6.20 Å². The Morgan fingerprint density at radius 2 is 2.16 bits per heavy atom. The third-order valence-corrected chi connectivity index (χ3v) is 3.61. The molecule has 0 aliphatic carbocycles. The Morgan fingerprint density at radius 1 is 1.37 bits per heavy atom. The van der Waals surface area contributed by atoms with Gasteiger partial charge < -0.3 is 5.32 Å². The maximum atomic E-state index is 6.40. The zero-order valence-electron chi connectivity index (χ0n) is 11.7. The van der Waals surface area contributed by atoms with Crippen molar-refractivity contribution in [1.29, 1.82) is 0 Å². The highest BCUT2D eigenvalue weighted by Gasteiger charge is 2.11. The van der Waals surface area contributed by atoms with E-state index in [-0.39, 0.29) is 6.04 Å². The fraction of sp³-hybridized carbons (Fsp3) is 0.400. The van der Waals surface area contributed by atoms with Crippen LogP contribution in [0.4, 0.5) is 0 Å². The van der Waals surface area contributed by atoms with Crippen LogP contribution >= 0.6 is 11.6 Å². The average Bonchev–Trinajstić information content (AvgIpc) is 2.82. The molecule has 1 N–H and O–H groups in total. The first-order chi connectivity index (χ1) is 9.13. The Labute approximate surface area is 119 Å². The Balaban J connectivity index is 2.25. The standard InChI is InChI=1S/C15H20ClN3/c1-4-8-17-11(2)13-6-5-12(10-14(13)16)15-7-9-18-19(15)3/h5-7,9-11,17H,4,8H2,1-3H3. The zero-order valence-corrected chi connectivity index (χ0v) is 12.4. The molecule has 0 radical (unpaired) electrons. The summed E-state index contributed by atoms with van der Waals surface area (Å²) in [4.78, 5) is 0. The second kappa shape index (κ2) is 6.22. The molecule has 0 saturated heterocycles. The predicted molar refractivity (Wildman–Crippen MR) is 80.4 cm³/mol. The quantitative estimate of drug-likeness (QED) is 0.901. The van der Waals surface area contributed by atoms with E-state index >= 15 is 0 Å². The Hall–Kier alpha value is -1.32. The number of hydrogen-bond acceptors (Lipinski definition) is 2. The van der Waals surface area contributed by atoms with E-state index in [2.05, 4.69) is 36.4 Å². The lowest BCUT2D eigenvalue weighted by molar-refractivity contribution is 0.571. The molecule has 0 saturated carbocycles. The monoisotopic (exact) mass is 277 g/mol. The Morgan fingerprint density at radius 3 is 2.74 bits per heavy atom. The van der Waals surface area contributed by atoms with Crippen LogP contribution in [0, 0.1) is 0 Å². The fourth-order valence-electron chi connectivity index (χ4n) is 2.17. The molecule has 0 spiro atoms. The van der Waals surface area contributed by atoms with E-state index in [0.29, 0.717) is 0 Å². The molecule has 1 unspecified atom stereocenters. The van der Waals surface area contributed by atoms with Crippen molar-refractivity contribution in [2.45, 2.75) is 26.3 Å². The summed E-state index contributed by atoms with van der Waals surface area (Å²) in [7, 11) is 1.93. The van der Waals surface area contributed by atoms with E-state index in [1.165, 1.54) is 0 Å². The van der Waals surface area contributed by atoms with E-state index < -0.39 is 0 Å². The molecular formula is C15H20ClN3. The van der Waals surface area contributed by atoms with E-state index in [0.717, 1.165) is 34.8 Å². The van der Waals surface area contributed by atoms with Crippen molar-refractivity contribution in [2.75, 3.05) is 6.54 Å². The number of aromatic nitrogens is 2. The van der Waals surface area contributed by atoms with Gasteiger partial charge in [0.05, 0.1) is 5.69 Å². The first-order valence-electron chi connectivity index (χ1n) is 6.64. The van der Waals surface area contributed by atoms with Crippen LogP contribution in [0.25, 0.3) is 11.3 Å². The highest BCUT2D eigenvalue weighted by Crippen LogP contribution is 2.28. The van der Waals surface area contributed by atoms with Crippen LogP contribution in [-0.4, -0.2) is 16.3 Å². The molecule has 0 fully saturated rings. The molecule has 1 aromatic carbocycles. The maximum absolute atomic E-state index is 6.40. The van der Waals surface area contributed by atoms with Crippen molar-refractivity contribution >= 4 is 11.6 Å². The first kappa shape index (κ1) is 14.1. The molecule has 2 rings (SSSR count). The Bertz CT molecular complexity index is 548. The van der Waals surface area contributed by atoms with Gasteiger partial charge in [0.1, 0.15) is 0 Å². The minimum Gasteiger partial charge on any atom is -0.310 e. The largest absolute Gasteiger partial charge is 0.310 e. The van der Waals surface area contributed by atoms with Crippen molar-refractivity contribution in [3.8, 4) is 11.3 Å². The van der Waals surface area contributed by atoms with Gasteiger partial charge in [0, 0.05) is 29.9 Å². The molecule has 0 bridgehead atoms. The Kier molecular flexibility index (Phi) is 4.61.